The van der Waals surface area contributed by atoms with Gasteiger partial charge in [-0.25, -0.2) is 13.4 Å². The molecule has 0 saturated heterocycles. The third kappa shape index (κ3) is 5.46. The summed E-state index contributed by atoms with van der Waals surface area (Å²) in [5, 5.41) is 2.78. The van der Waals surface area contributed by atoms with Crippen LogP contribution in [-0.4, -0.2) is 31.1 Å². The van der Waals surface area contributed by atoms with E-state index in [1.165, 1.54) is 12.3 Å². The number of aromatic nitrogens is 1. The maximum atomic E-state index is 12.2. The van der Waals surface area contributed by atoms with Crippen molar-refractivity contribution in [3.8, 4) is 11.6 Å². The van der Waals surface area contributed by atoms with Crippen LogP contribution in [0, 0.1) is 0 Å². The van der Waals surface area contributed by atoms with Gasteiger partial charge in [0.15, 0.2) is 0 Å². The second-order valence-corrected chi connectivity index (χ2v) is 7.63. The highest BCUT2D eigenvalue weighted by Crippen LogP contribution is 2.25. The Bertz CT molecular complexity index is 850. The quantitative estimate of drug-likeness (QED) is 0.788. The number of hydrogen-bond acceptors (Lipinski definition) is 5. The van der Waals surface area contributed by atoms with Crippen LogP contribution in [0.3, 0.4) is 0 Å². The van der Waals surface area contributed by atoms with Crippen molar-refractivity contribution in [2.45, 2.75) is 26.8 Å². The molecule has 0 aliphatic carbocycles. The van der Waals surface area contributed by atoms with Crippen LogP contribution in [0.5, 0.6) is 11.6 Å². The lowest BCUT2D eigenvalue weighted by Crippen LogP contribution is -2.30. The van der Waals surface area contributed by atoms with Crippen molar-refractivity contribution in [3.05, 3.63) is 48.2 Å². The van der Waals surface area contributed by atoms with E-state index in [1.54, 1.807) is 37.3 Å². The Balaban J connectivity index is 2.25. The molecule has 2 rings (SSSR count). The second-order valence-electron chi connectivity index (χ2n) is 5.62. The van der Waals surface area contributed by atoms with Gasteiger partial charge >= 0.3 is 0 Å². The van der Waals surface area contributed by atoms with Gasteiger partial charge in [0.1, 0.15) is 11.3 Å². The van der Waals surface area contributed by atoms with Crippen molar-refractivity contribution in [3.63, 3.8) is 0 Å². The van der Waals surface area contributed by atoms with E-state index in [0.717, 1.165) is 0 Å². The summed E-state index contributed by atoms with van der Waals surface area (Å²) in [5.74, 6) is 0.198. The summed E-state index contributed by atoms with van der Waals surface area (Å²) in [6.45, 7) is 5.27. The van der Waals surface area contributed by atoms with Crippen LogP contribution < -0.4 is 14.8 Å². The lowest BCUT2D eigenvalue weighted by atomic mass is 10.2. The van der Waals surface area contributed by atoms with E-state index in [-0.39, 0.29) is 23.6 Å². The highest BCUT2D eigenvalue weighted by Gasteiger charge is 2.15. The van der Waals surface area contributed by atoms with E-state index < -0.39 is 10.0 Å². The summed E-state index contributed by atoms with van der Waals surface area (Å²) < 4.78 is 31.5. The Morgan fingerprint density at radius 2 is 2.00 bits per heavy atom. The Hall–Kier alpha value is -2.61. The number of carbonyl (C=O) groups excluding carboxylic acids is 1. The third-order valence-electron chi connectivity index (χ3n) is 3.14. The first-order valence-electron chi connectivity index (χ1n) is 7.85. The minimum Gasteiger partial charge on any atom is -0.438 e. The van der Waals surface area contributed by atoms with E-state index in [9.17, 15) is 13.2 Å². The number of rotatable bonds is 7. The molecule has 134 valence electrons. The first-order valence-corrected chi connectivity index (χ1v) is 9.50. The maximum absolute atomic E-state index is 12.2. The predicted octanol–water partition coefficient (Wildman–Crippen LogP) is 2.77. The molecule has 8 heteroatoms. The van der Waals surface area contributed by atoms with Crippen LogP contribution in [0.25, 0.3) is 0 Å². The SMILES string of the molecule is CCS(=O)(=O)Nc1cccc(Oc2ncccc2C(=O)NC(C)C)c1. The normalized spacial score (nSPS) is 11.2. The standard InChI is InChI=1S/C17H21N3O4S/c1-4-25(22,23)20-13-7-5-8-14(11-13)24-17-15(9-6-10-18-17)16(21)19-12(2)3/h5-12,20H,4H2,1-3H3,(H,19,21). The van der Waals surface area contributed by atoms with Crippen molar-refractivity contribution in [2.24, 2.45) is 0 Å². The Morgan fingerprint density at radius 3 is 2.68 bits per heavy atom. The molecule has 1 aromatic heterocycles. The summed E-state index contributed by atoms with van der Waals surface area (Å²) in [7, 11) is -3.38. The lowest BCUT2D eigenvalue weighted by molar-refractivity contribution is 0.0940. The van der Waals surface area contributed by atoms with Gasteiger partial charge in [-0.2, -0.15) is 0 Å². The number of ether oxygens (including phenoxy) is 1. The average molecular weight is 363 g/mol. The fraction of sp³-hybridized carbons (Fsp3) is 0.294. The van der Waals surface area contributed by atoms with Crippen LogP contribution in [0.2, 0.25) is 0 Å². The zero-order valence-corrected chi connectivity index (χ0v) is 15.1. The molecule has 0 spiro atoms. The molecule has 0 saturated carbocycles. The predicted molar refractivity (Wildman–Crippen MR) is 96.4 cm³/mol. The van der Waals surface area contributed by atoms with Crippen molar-refractivity contribution in [1.29, 1.82) is 0 Å². The lowest BCUT2D eigenvalue weighted by Gasteiger charge is -2.13. The summed E-state index contributed by atoms with van der Waals surface area (Å²) in [6.07, 6.45) is 1.52. The Labute approximate surface area is 147 Å². The van der Waals surface area contributed by atoms with Gasteiger partial charge in [0.25, 0.3) is 5.91 Å². The fourth-order valence-electron chi connectivity index (χ4n) is 1.97. The van der Waals surface area contributed by atoms with Crippen LogP contribution in [0.1, 0.15) is 31.1 Å². The van der Waals surface area contributed by atoms with Crippen molar-refractivity contribution >= 4 is 21.6 Å². The van der Waals surface area contributed by atoms with Gasteiger partial charge in [0, 0.05) is 18.3 Å². The second kappa shape index (κ2) is 7.98. The summed E-state index contributed by atoms with van der Waals surface area (Å²) in [4.78, 5) is 16.3. The molecule has 1 amide bonds. The van der Waals surface area contributed by atoms with Gasteiger partial charge in [-0.15, -0.1) is 0 Å². The number of hydrogen-bond donors (Lipinski definition) is 2. The first-order chi connectivity index (χ1) is 11.8. The molecule has 1 heterocycles. The number of anilines is 1. The number of sulfonamides is 1. The molecular formula is C17H21N3O4S. The molecule has 0 atom stereocenters. The first kappa shape index (κ1) is 18.7. The average Bonchev–Trinajstić information content (AvgIpc) is 2.54. The van der Waals surface area contributed by atoms with Crippen molar-refractivity contribution in [2.75, 3.05) is 10.5 Å². The highest BCUT2D eigenvalue weighted by molar-refractivity contribution is 7.92. The molecule has 1 aromatic carbocycles. The van der Waals surface area contributed by atoms with Crippen LogP contribution >= 0.6 is 0 Å². The van der Waals surface area contributed by atoms with E-state index in [4.69, 9.17) is 4.74 Å². The minimum absolute atomic E-state index is 0.0210. The largest absolute Gasteiger partial charge is 0.438 e. The van der Waals surface area contributed by atoms with E-state index in [1.807, 2.05) is 13.8 Å². The number of pyridine rings is 1. The molecule has 0 radical (unpaired) electrons. The number of nitrogens with zero attached hydrogens (tertiary/aromatic N) is 1. The van der Waals surface area contributed by atoms with E-state index >= 15 is 0 Å². The highest BCUT2D eigenvalue weighted by atomic mass is 32.2. The zero-order chi connectivity index (χ0) is 18.4. The topological polar surface area (TPSA) is 97.4 Å². The Kier molecular flexibility index (Phi) is 5.97. The van der Waals surface area contributed by atoms with Crippen LogP contribution in [0.4, 0.5) is 5.69 Å². The summed E-state index contributed by atoms with van der Waals surface area (Å²) in [6, 6.07) is 9.70. The molecule has 0 aliphatic heterocycles. The molecule has 7 nitrogen and oxygen atoms in total. The number of carbonyl (C=O) groups is 1. The molecule has 0 aliphatic rings. The van der Waals surface area contributed by atoms with Gasteiger partial charge in [-0.05, 0) is 45.0 Å². The van der Waals surface area contributed by atoms with Crippen LogP contribution in [0.15, 0.2) is 42.6 Å². The van der Waals surface area contributed by atoms with Crippen molar-refractivity contribution in [1.82, 2.24) is 10.3 Å². The monoisotopic (exact) mass is 363 g/mol. The zero-order valence-electron chi connectivity index (χ0n) is 14.3. The summed E-state index contributed by atoms with van der Waals surface area (Å²) in [5.41, 5.74) is 0.680. The molecule has 2 N–H and O–H groups in total. The number of amides is 1. The van der Waals surface area contributed by atoms with Crippen molar-refractivity contribution < 1.29 is 17.9 Å². The molecule has 25 heavy (non-hydrogen) atoms. The van der Waals surface area contributed by atoms with E-state index in [0.29, 0.717) is 17.0 Å². The van der Waals surface area contributed by atoms with Gasteiger partial charge in [0.05, 0.1) is 11.4 Å². The number of benzene rings is 1. The minimum atomic E-state index is -3.38. The van der Waals surface area contributed by atoms with Gasteiger partial charge in [-0.3, -0.25) is 9.52 Å². The van der Waals surface area contributed by atoms with Gasteiger partial charge in [-0.1, -0.05) is 6.07 Å². The molecule has 0 bridgehead atoms. The molecule has 0 fully saturated rings. The maximum Gasteiger partial charge on any atom is 0.256 e. The Morgan fingerprint density at radius 1 is 1.24 bits per heavy atom. The van der Waals surface area contributed by atoms with E-state index in [2.05, 4.69) is 15.0 Å². The molecular weight excluding hydrogens is 342 g/mol. The fourth-order valence-corrected chi connectivity index (χ4v) is 2.60. The molecule has 0 unspecified atom stereocenters. The molecule has 2 aromatic rings. The smallest absolute Gasteiger partial charge is 0.256 e. The number of nitrogens with one attached hydrogen (secondary N) is 2. The van der Waals surface area contributed by atoms with Gasteiger partial charge < -0.3 is 10.1 Å². The summed E-state index contributed by atoms with van der Waals surface area (Å²) >= 11 is 0. The van der Waals surface area contributed by atoms with Gasteiger partial charge in [0.2, 0.25) is 15.9 Å². The van der Waals surface area contributed by atoms with Crippen LogP contribution in [-0.2, 0) is 10.0 Å². The third-order valence-corrected chi connectivity index (χ3v) is 4.44.